The Balaban J connectivity index is 1.60. The summed E-state index contributed by atoms with van der Waals surface area (Å²) in [6.07, 6.45) is 3.11. The van der Waals surface area contributed by atoms with Crippen molar-refractivity contribution in [2.75, 3.05) is 39.8 Å². The first-order chi connectivity index (χ1) is 12.9. The van der Waals surface area contributed by atoms with E-state index in [0.29, 0.717) is 18.8 Å². The van der Waals surface area contributed by atoms with Crippen molar-refractivity contribution in [1.29, 1.82) is 0 Å². The second-order valence-electron chi connectivity index (χ2n) is 7.46. The van der Waals surface area contributed by atoms with E-state index in [2.05, 4.69) is 5.32 Å². The number of likely N-dealkylation sites (tertiary alicyclic amines) is 1. The van der Waals surface area contributed by atoms with Crippen LogP contribution in [0.5, 0.6) is 0 Å². The first kappa shape index (κ1) is 20.2. The summed E-state index contributed by atoms with van der Waals surface area (Å²) in [7, 11) is -1.93. The third kappa shape index (κ3) is 4.50. The molecule has 0 saturated carbocycles. The lowest BCUT2D eigenvalue weighted by atomic mass is 9.93. The first-order valence-corrected chi connectivity index (χ1v) is 11.1. The molecule has 1 unspecified atom stereocenters. The minimum atomic E-state index is -3.86. The van der Waals surface area contributed by atoms with Gasteiger partial charge < -0.3 is 10.2 Å². The van der Waals surface area contributed by atoms with Crippen molar-refractivity contribution >= 4 is 15.9 Å². The molecule has 0 spiro atoms. The highest BCUT2D eigenvalue weighted by molar-refractivity contribution is 7.89. The average Bonchev–Trinajstić information content (AvgIpc) is 2.68. The molecular formula is C19H28FN3O3S. The monoisotopic (exact) mass is 397 g/mol. The van der Waals surface area contributed by atoms with Gasteiger partial charge in [-0.3, -0.25) is 4.79 Å². The number of piperidine rings is 2. The van der Waals surface area contributed by atoms with Gasteiger partial charge >= 0.3 is 0 Å². The fourth-order valence-corrected chi connectivity index (χ4v) is 5.65. The number of carbonyl (C=O) groups excluding carboxylic acids is 1. The van der Waals surface area contributed by atoms with Gasteiger partial charge in [0.25, 0.3) is 0 Å². The van der Waals surface area contributed by atoms with Crippen LogP contribution in [0.15, 0.2) is 29.2 Å². The molecule has 2 heterocycles. The maximum atomic E-state index is 13.9. The zero-order valence-corrected chi connectivity index (χ0v) is 16.5. The zero-order valence-electron chi connectivity index (χ0n) is 15.7. The number of benzene rings is 1. The van der Waals surface area contributed by atoms with E-state index >= 15 is 0 Å². The second kappa shape index (κ2) is 8.67. The number of halogens is 1. The highest BCUT2D eigenvalue weighted by Crippen LogP contribution is 2.27. The third-order valence-corrected chi connectivity index (χ3v) is 7.51. The molecule has 2 aliphatic rings. The van der Waals surface area contributed by atoms with Crippen molar-refractivity contribution in [3.8, 4) is 0 Å². The summed E-state index contributed by atoms with van der Waals surface area (Å²) in [5, 5.41) is 3.18. The van der Waals surface area contributed by atoms with Crippen molar-refractivity contribution in [2.24, 2.45) is 11.8 Å². The molecule has 0 radical (unpaired) electrons. The summed E-state index contributed by atoms with van der Waals surface area (Å²) >= 11 is 0. The van der Waals surface area contributed by atoms with E-state index in [-0.39, 0.29) is 29.8 Å². The molecule has 3 rings (SSSR count). The molecule has 8 heteroatoms. The zero-order chi connectivity index (χ0) is 19.4. The Morgan fingerprint density at radius 2 is 1.89 bits per heavy atom. The minimum Gasteiger partial charge on any atom is -0.342 e. The molecule has 0 aromatic heterocycles. The van der Waals surface area contributed by atoms with Crippen LogP contribution in [0, 0.1) is 17.7 Å². The lowest BCUT2D eigenvalue weighted by molar-refractivity contribution is -0.138. The lowest BCUT2D eigenvalue weighted by Crippen LogP contribution is -2.48. The van der Waals surface area contributed by atoms with Crippen LogP contribution in [0.2, 0.25) is 0 Å². The average molecular weight is 398 g/mol. The molecule has 1 N–H and O–H groups in total. The van der Waals surface area contributed by atoms with Crippen molar-refractivity contribution < 1.29 is 17.6 Å². The molecule has 1 atom stereocenters. The molecule has 1 aromatic carbocycles. The van der Waals surface area contributed by atoms with Gasteiger partial charge in [0.2, 0.25) is 15.9 Å². The molecule has 6 nitrogen and oxygen atoms in total. The number of hydrogen-bond acceptors (Lipinski definition) is 4. The second-order valence-corrected chi connectivity index (χ2v) is 9.37. The predicted octanol–water partition coefficient (Wildman–Crippen LogP) is 1.68. The van der Waals surface area contributed by atoms with Crippen LogP contribution in [-0.2, 0) is 14.8 Å². The first-order valence-electron chi connectivity index (χ1n) is 9.61. The highest BCUT2D eigenvalue weighted by atomic mass is 32.2. The van der Waals surface area contributed by atoms with Gasteiger partial charge in [-0.05, 0) is 57.3 Å². The summed E-state index contributed by atoms with van der Waals surface area (Å²) in [5.41, 5.74) is 0. The summed E-state index contributed by atoms with van der Waals surface area (Å²) in [5.74, 6) is -0.266. The van der Waals surface area contributed by atoms with Crippen LogP contribution in [-0.4, -0.2) is 63.3 Å². The van der Waals surface area contributed by atoms with Crippen molar-refractivity contribution in [3.05, 3.63) is 30.1 Å². The number of carbonyl (C=O) groups is 1. The molecule has 1 amide bonds. The topological polar surface area (TPSA) is 69.7 Å². The Morgan fingerprint density at radius 3 is 2.56 bits per heavy atom. The van der Waals surface area contributed by atoms with E-state index in [0.717, 1.165) is 38.5 Å². The normalized spacial score (nSPS) is 22.7. The predicted molar refractivity (Wildman–Crippen MR) is 101 cm³/mol. The fourth-order valence-electron chi connectivity index (χ4n) is 4.11. The summed E-state index contributed by atoms with van der Waals surface area (Å²) < 4.78 is 40.6. The lowest BCUT2D eigenvalue weighted by Gasteiger charge is -2.37. The van der Waals surface area contributed by atoms with Crippen molar-refractivity contribution in [2.45, 2.75) is 30.6 Å². The molecule has 1 aromatic rings. The Bertz CT molecular complexity index is 761. The number of hydrogen-bond donors (Lipinski definition) is 1. The smallest absolute Gasteiger partial charge is 0.245 e. The van der Waals surface area contributed by atoms with Crippen molar-refractivity contribution in [1.82, 2.24) is 14.5 Å². The number of nitrogens with zero attached hydrogens (tertiary/aromatic N) is 2. The van der Waals surface area contributed by atoms with Crippen LogP contribution in [0.4, 0.5) is 4.39 Å². The van der Waals surface area contributed by atoms with E-state index in [9.17, 15) is 17.6 Å². The summed E-state index contributed by atoms with van der Waals surface area (Å²) in [6, 6.07) is 5.43. The molecule has 150 valence electrons. The Morgan fingerprint density at radius 1 is 1.19 bits per heavy atom. The SMILES string of the molecule is CNCC1CCCN(C(=O)C2CCN(S(=O)(=O)c3ccccc3F)CC2)C1. The van der Waals surface area contributed by atoms with Crippen LogP contribution >= 0.6 is 0 Å². The van der Waals surface area contributed by atoms with E-state index in [1.54, 1.807) is 0 Å². The van der Waals surface area contributed by atoms with Crippen LogP contribution < -0.4 is 5.32 Å². The van der Waals surface area contributed by atoms with Gasteiger partial charge in [-0.2, -0.15) is 4.31 Å². The van der Waals surface area contributed by atoms with Gasteiger partial charge in [-0.1, -0.05) is 12.1 Å². The van der Waals surface area contributed by atoms with E-state index in [1.807, 2.05) is 11.9 Å². The molecule has 2 aliphatic heterocycles. The van der Waals surface area contributed by atoms with E-state index in [1.165, 1.54) is 22.5 Å². The molecule has 0 bridgehead atoms. The van der Waals surface area contributed by atoms with Crippen LogP contribution in [0.3, 0.4) is 0 Å². The van der Waals surface area contributed by atoms with Crippen LogP contribution in [0.1, 0.15) is 25.7 Å². The summed E-state index contributed by atoms with van der Waals surface area (Å²) in [6.45, 7) is 2.96. The largest absolute Gasteiger partial charge is 0.342 e. The number of sulfonamides is 1. The Labute approximate surface area is 160 Å². The van der Waals surface area contributed by atoms with Crippen LogP contribution in [0.25, 0.3) is 0 Å². The number of rotatable bonds is 5. The molecule has 2 fully saturated rings. The van der Waals surface area contributed by atoms with Crippen molar-refractivity contribution in [3.63, 3.8) is 0 Å². The van der Waals surface area contributed by atoms with Gasteiger partial charge in [0.05, 0.1) is 0 Å². The summed E-state index contributed by atoms with van der Waals surface area (Å²) in [4.78, 5) is 14.5. The fraction of sp³-hybridized carbons (Fsp3) is 0.632. The van der Waals surface area contributed by atoms with Gasteiger partial charge in [-0.15, -0.1) is 0 Å². The van der Waals surface area contributed by atoms with E-state index in [4.69, 9.17) is 0 Å². The highest BCUT2D eigenvalue weighted by Gasteiger charge is 2.35. The molecule has 2 saturated heterocycles. The standard InChI is InChI=1S/C19H28FN3O3S/c1-21-13-15-5-4-10-22(14-15)19(24)16-8-11-23(12-9-16)27(25,26)18-7-3-2-6-17(18)20/h2-3,6-7,15-16,21H,4-5,8-14H2,1H3. The Kier molecular flexibility index (Phi) is 6.49. The molecule has 0 aliphatic carbocycles. The third-order valence-electron chi connectivity index (χ3n) is 5.58. The van der Waals surface area contributed by atoms with Gasteiger partial charge in [0.1, 0.15) is 10.7 Å². The Hall–Kier alpha value is -1.51. The number of amides is 1. The number of nitrogens with one attached hydrogen (secondary N) is 1. The van der Waals surface area contributed by atoms with Gasteiger partial charge in [0.15, 0.2) is 0 Å². The quantitative estimate of drug-likeness (QED) is 0.821. The maximum absolute atomic E-state index is 13.9. The minimum absolute atomic E-state index is 0.138. The van der Waals surface area contributed by atoms with E-state index < -0.39 is 15.8 Å². The maximum Gasteiger partial charge on any atom is 0.245 e. The van der Waals surface area contributed by atoms with Gasteiger partial charge in [0, 0.05) is 32.1 Å². The van der Waals surface area contributed by atoms with Gasteiger partial charge in [-0.25, -0.2) is 12.8 Å². The molecule has 27 heavy (non-hydrogen) atoms. The molecular weight excluding hydrogens is 369 g/mol.